The maximum absolute atomic E-state index is 11.0. The van der Waals surface area contributed by atoms with Gasteiger partial charge in [-0.3, -0.25) is 0 Å². The summed E-state index contributed by atoms with van der Waals surface area (Å²) in [5, 5.41) is 21.4. The van der Waals surface area contributed by atoms with Gasteiger partial charge in [-0.05, 0) is 118 Å². The van der Waals surface area contributed by atoms with Crippen molar-refractivity contribution in [3.05, 3.63) is 12.2 Å². The fourth-order valence-corrected chi connectivity index (χ4v) is 7.22. The molecular weight excluding hydrogens is 536 g/mol. The third-order valence-corrected chi connectivity index (χ3v) is 11.4. The van der Waals surface area contributed by atoms with Crippen LogP contribution in [0.5, 0.6) is 0 Å². The molecule has 0 unspecified atom stereocenters. The molecule has 0 aliphatic carbocycles. The molecule has 37 heavy (non-hydrogen) atoms. The van der Waals surface area contributed by atoms with Crippen LogP contribution in [0.2, 0.25) is 0 Å². The molecule has 4 rings (SSSR count). The zero-order chi connectivity index (χ0) is 27.4. The summed E-state index contributed by atoms with van der Waals surface area (Å²) in [5.41, 5.74) is -1.47. The highest BCUT2D eigenvalue weighted by atomic mass is 79.9. The molecule has 4 saturated heterocycles. The van der Waals surface area contributed by atoms with Gasteiger partial charge in [-0.15, -0.1) is 0 Å². The average molecular weight is 588 g/mol. The van der Waals surface area contributed by atoms with Crippen molar-refractivity contribution in [2.24, 2.45) is 0 Å². The molecule has 6 nitrogen and oxygen atoms in total. The molecule has 4 fully saturated rings. The third-order valence-electron chi connectivity index (χ3n) is 9.88. The van der Waals surface area contributed by atoms with Crippen molar-refractivity contribution >= 4 is 15.9 Å². The quantitative estimate of drug-likeness (QED) is 0.294. The standard InChI is InChI=1S/C30H51BrO6/c1-19(9-11-22(32)28(6)17-14-23(36-28)26(2,3)33)20-10-12-24-29(7,34-20)18-15-25-30(8,37-24)16-13-21(31)27(4,5)35-25/h20-25,32-33H,1,9-18H2,2-8H3/t20-,21-,22+,23-,24-,25+,28-,29+,30-/m0/s1. The summed E-state index contributed by atoms with van der Waals surface area (Å²) in [6.07, 6.45) is 7.47. The van der Waals surface area contributed by atoms with Gasteiger partial charge in [0.15, 0.2) is 0 Å². The van der Waals surface area contributed by atoms with Gasteiger partial charge in [0.05, 0.1) is 58.5 Å². The molecule has 4 heterocycles. The van der Waals surface area contributed by atoms with Gasteiger partial charge < -0.3 is 29.2 Å². The molecule has 4 aliphatic rings. The summed E-state index contributed by atoms with van der Waals surface area (Å²) < 4.78 is 26.5. The molecule has 0 spiro atoms. The summed E-state index contributed by atoms with van der Waals surface area (Å²) in [5.74, 6) is 0. The maximum atomic E-state index is 11.0. The van der Waals surface area contributed by atoms with Gasteiger partial charge in [-0.1, -0.05) is 22.5 Å². The second-order valence-corrected chi connectivity index (χ2v) is 15.1. The first-order chi connectivity index (χ1) is 17.0. The number of alkyl halides is 1. The van der Waals surface area contributed by atoms with Crippen LogP contribution in [-0.2, 0) is 18.9 Å². The molecular formula is C30H51BrO6. The lowest BCUT2D eigenvalue weighted by Gasteiger charge is -2.46. The second-order valence-electron chi connectivity index (χ2n) is 14.0. The van der Waals surface area contributed by atoms with E-state index in [0.717, 1.165) is 56.9 Å². The van der Waals surface area contributed by atoms with Crippen LogP contribution in [0.4, 0.5) is 0 Å². The number of rotatable bonds is 6. The minimum absolute atomic E-state index is 0.0281. The van der Waals surface area contributed by atoms with Crippen LogP contribution in [0, 0.1) is 0 Å². The Morgan fingerprint density at radius 3 is 2.16 bits per heavy atom. The first-order valence-corrected chi connectivity index (χ1v) is 15.3. The first kappa shape index (κ1) is 30.0. The lowest BCUT2D eigenvalue weighted by atomic mass is 9.83. The Hall–Kier alpha value is -0.0200. The zero-order valence-electron chi connectivity index (χ0n) is 24.1. The number of hydrogen-bond acceptors (Lipinski definition) is 6. The van der Waals surface area contributed by atoms with Crippen LogP contribution < -0.4 is 0 Å². The highest BCUT2D eigenvalue weighted by molar-refractivity contribution is 9.09. The predicted octanol–water partition coefficient (Wildman–Crippen LogP) is 5.99. The summed E-state index contributed by atoms with van der Waals surface area (Å²) in [7, 11) is 0. The number of halogens is 1. The number of aliphatic hydroxyl groups is 2. The van der Waals surface area contributed by atoms with E-state index in [1.807, 2.05) is 6.92 Å². The molecule has 0 amide bonds. The predicted molar refractivity (Wildman–Crippen MR) is 149 cm³/mol. The normalized spacial score (nSPS) is 45.3. The molecule has 2 N–H and O–H groups in total. The zero-order valence-corrected chi connectivity index (χ0v) is 25.7. The second kappa shape index (κ2) is 10.4. The lowest BCUT2D eigenvalue weighted by Crippen LogP contribution is -2.53. The number of aliphatic hydroxyl groups excluding tert-OH is 1. The van der Waals surface area contributed by atoms with Gasteiger partial charge in [-0.2, -0.15) is 0 Å². The Morgan fingerprint density at radius 1 is 0.892 bits per heavy atom. The van der Waals surface area contributed by atoms with Crippen molar-refractivity contribution in [3.8, 4) is 0 Å². The van der Waals surface area contributed by atoms with Crippen LogP contribution in [-0.4, -0.2) is 73.6 Å². The molecule has 0 radical (unpaired) electrons. The molecule has 4 aliphatic heterocycles. The van der Waals surface area contributed by atoms with Gasteiger partial charge >= 0.3 is 0 Å². The fraction of sp³-hybridized carbons (Fsp3) is 0.933. The smallest absolute Gasteiger partial charge is 0.0924 e. The number of ether oxygens (including phenoxy) is 4. The summed E-state index contributed by atoms with van der Waals surface area (Å²) in [6, 6.07) is 0. The summed E-state index contributed by atoms with van der Waals surface area (Å²) >= 11 is 3.85. The lowest BCUT2D eigenvalue weighted by molar-refractivity contribution is -0.232. The first-order valence-electron chi connectivity index (χ1n) is 14.4. The van der Waals surface area contributed by atoms with Crippen molar-refractivity contribution < 1.29 is 29.2 Å². The Balaban J connectivity index is 1.35. The van der Waals surface area contributed by atoms with E-state index in [1.54, 1.807) is 13.8 Å². The van der Waals surface area contributed by atoms with Gasteiger partial charge in [0.25, 0.3) is 0 Å². The van der Waals surface area contributed by atoms with E-state index >= 15 is 0 Å². The Kier molecular flexibility index (Phi) is 8.44. The van der Waals surface area contributed by atoms with E-state index in [4.69, 9.17) is 18.9 Å². The Morgan fingerprint density at radius 2 is 1.51 bits per heavy atom. The van der Waals surface area contributed by atoms with Crippen LogP contribution in [0.3, 0.4) is 0 Å². The molecule has 0 bridgehead atoms. The van der Waals surface area contributed by atoms with E-state index in [1.165, 1.54) is 0 Å². The van der Waals surface area contributed by atoms with Crippen LogP contribution >= 0.6 is 15.9 Å². The average Bonchev–Trinajstić information content (AvgIpc) is 3.15. The molecule has 214 valence electrons. The van der Waals surface area contributed by atoms with Crippen LogP contribution in [0.1, 0.15) is 113 Å². The third kappa shape index (κ3) is 6.18. The van der Waals surface area contributed by atoms with Crippen molar-refractivity contribution in [1.82, 2.24) is 0 Å². The minimum Gasteiger partial charge on any atom is -0.390 e. The van der Waals surface area contributed by atoms with Gasteiger partial charge in [-0.25, -0.2) is 0 Å². The van der Waals surface area contributed by atoms with E-state index in [9.17, 15) is 10.2 Å². The monoisotopic (exact) mass is 586 g/mol. The van der Waals surface area contributed by atoms with E-state index in [-0.39, 0.29) is 41.2 Å². The maximum Gasteiger partial charge on any atom is 0.0924 e. The minimum atomic E-state index is -0.909. The van der Waals surface area contributed by atoms with E-state index < -0.39 is 17.3 Å². The topological polar surface area (TPSA) is 77.4 Å². The van der Waals surface area contributed by atoms with E-state index in [0.29, 0.717) is 17.7 Å². The molecule has 7 heteroatoms. The van der Waals surface area contributed by atoms with E-state index in [2.05, 4.69) is 50.2 Å². The van der Waals surface area contributed by atoms with Gasteiger partial charge in [0, 0.05) is 4.83 Å². The summed E-state index contributed by atoms with van der Waals surface area (Å²) in [4.78, 5) is 0.308. The van der Waals surface area contributed by atoms with Gasteiger partial charge in [0.2, 0.25) is 0 Å². The summed E-state index contributed by atoms with van der Waals surface area (Å²) in [6.45, 7) is 18.6. The van der Waals surface area contributed by atoms with Gasteiger partial charge in [0.1, 0.15) is 0 Å². The van der Waals surface area contributed by atoms with Crippen molar-refractivity contribution in [2.45, 2.75) is 176 Å². The molecule has 0 aromatic rings. The highest BCUT2D eigenvalue weighted by Crippen LogP contribution is 2.48. The SMILES string of the molecule is C=C(CC[C@@H](O)[C@]1(C)CC[C@@H](C(C)(C)O)O1)[C@@H]1CC[C@@H]2O[C@@]3(C)CC[C@H](Br)C(C)(C)O[C@@H]3CC[C@@]2(C)O1. The van der Waals surface area contributed by atoms with Crippen LogP contribution in [0.25, 0.3) is 0 Å². The number of hydrogen-bond donors (Lipinski definition) is 2. The van der Waals surface area contributed by atoms with Crippen molar-refractivity contribution in [3.63, 3.8) is 0 Å². The van der Waals surface area contributed by atoms with Crippen molar-refractivity contribution in [1.29, 1.82) is 0 Å². The largest absolute Gasteiger partial charge is 0.390 e. The molecule has 0 aromatic heterocycles. The molecule has 0 aromatic carbocycles. The van der Waals surface area contributed by atoms with Crippen molar-refractivity contribution in [2.75, 3.05) is 0 Å². The molecule has 0 saturated carbocycles. The fourth-order valence-electron chi connectivity index (χ4n) is 6.88. The van der Waals surface area contributed by atoms with Crippen LogP contribution in [0.15, 0.2) is 12.2 Å². The highest BCUT2D eigenvalue weighted by Gasteiger charge is 2.54. The number of fused-ring (bicyclic) bond motifs is 2. The Labute approximate surface area is 233 Å². The Bertz CT molecular complexity index is 840. The molecule has 9 atom stereocenters.